The number of halogens is 2. The second-order valence-corrected chi connectivity index (χ2v) is 7.69. The van der Waals surface area contributed by atoms with Crippen LogP contribution in [0.15, 0.2) is 84.0 Å². The predicted molar refractivity (Wildman–Crippen MR) is 126 cm³/mol. The van der Waals surface area contributed by atoms with Crippen LogP contribution in [-0.4, -0.2) is 21.8 Å². The third-order valence-electron chi connectivity index (χ3n) is 4.88. The molecule has 8 heteroatoms. The Bertz CT molecular complexity index is 1270. The summed E-state index contributed by atoms with van der Waals surface area (Å²) in [6.45, 7) is 2.16. The predicted octanol–water partition coefficient (Wildman–Crippen LogP) is 5.60. The lowest BCUT2D eigenvalue weighted by Gasteiger charge is -2.07. The zero-order chi connectivity index (χ0) is 23.2. The lowest BCUT2D eigenvalue weighted by molar-refractivity contribution is 0.0950. The van der Waals surface area contributed by atoms with Crippen molar-refractivity contribution in [2.45, 2.75) is 13.5 Å². The summed E-state index contributed by atoms with van der Waals surface area (Å²) in [5.74, 6) is -0.0485. The Hall–Kier alpha value is -3.97. The molecule has 0 spiro atoms. The number of nitrogens with zero attached hydrogens (tertiary/aromatic N) is 2. The molecule has 3 aromatic carbocycles. The number of hydrazone groups is 1. The summed E-state index contributed by atoms with van der Waals surface area (Å²) in [6, 6.07) is 22.4. The average Bonchev–Trinajstić information content (AvgIpc) is 3.33. The van der Waals surface area contributed by atoms with Crippen LogP contribution in [0.5, 0.6) is 5.75 Å². The van der Waals surface area contributed by atoms with Crippen molar-refractivity contribution >= 4 is 23.2 Å². The second-order valence-electron chi connectivity index (χ2n) is 7.25. The SMILES string of the molecule is CC(=NNC(=O)c1cc(-c2ccc(OCc3ccc(Cl)cc3)cc2)n[nH]1)c1ccc(F)cc1. The Labute approximate surface area is 195 Å². The van der Waals surface area contributed by atoms with Gasteiger partial charge in [0.2, 0.25) is 0 Å². The molecule has 0 atom stereocenters. The van der Waals surface area contributed by atoms with E-state index in [1.165, 1.54) is 12.1 Å². The molecule has 166 valence electrons. The maximum Gasteiger partial charge on any atom is 0.289 e. The highest BCUT2D eigenvalue weighted by molar-refractivity contribution is 6.30. The average molecular weight is 463 g/mol. The van der Waals surface area contributed by atoms with E-state index in [-0.39, 0.29) is 11.5 Å². The molecule has 4 aromatic rings. The van der Waals surface area contributed by atoms with Crippen molar-refractivity contribution in [2.75, 3.05) is 0 Å². The molecule has 0 saturated carbocycles. The Morgan fingerprint density at radius 2 is 1.76 bits per heavy atom. The first-order valence-corrected chi connectivity index (χ1v) is 10.5. The van der Waals surface area contributed by atoms with Crippen molar-refractivity contribution in [1.82, 2.24) is 15.6 Å². The second kappa shape index (κ2) is 10.1. The van der Waals surface area contributed by atoms with Crippen LogP contribution in [0.1, 0.15) is 28.5 Å². The Morgan fingerprint density at radius 1 is 1.06 bits per heavy atom. The molecule has 0 aliphatic heterocycles. The molecule has 0 aliphatic carbocycles. The molecule has 6 nitrogen and oxygen atoms in total. The normalized spacial score (nSPS) is 11.3. The van der Waals surface area contributed by atoms with Crippen LogP contribution in [0, 0.1) is 5.82 Å². The van der Waals surface area contributed by atoms with Gasteiger partial charge in [0.15, 0.2) is 0 Å². The Balaban J connectivity index is 1.36. The van der Waals surface area contributed by atoms with Crippen LogP contribution in [0.2, 0.25) is 5.02 Å². The topological polar surface area (TPSA) is 79.4 Å². The van der Waals surface area contributed by atoms with Gasteiger partial charge >= 0.3 is 0 Å². The van der Waals surface area contributed by atoms with Crippen LogP contribution in [-0.2, 0) is 6.61 Å². The Kier molecular flexibility index (Phi) is 6.80. The van der Waals surface area contributed by atoms with Crippen molar-refractivity contribution < 1.29 is 13.9 Å². The lowest BCUT2D eigenvalue weighted by Crippen LogP contribution is -2.19. The number of rotatable bonds is 7. The lowest BCUT2D eigenvalue weighted by atomic mass is 10.1. The highest BCUT2D eigenvalue weighted by Gasteiger charge is 2.11. The van der Waals surface area contributed by atoms with E-state index in [1.807, 2.05) is 48.5 Å². The molecule has 1 aromatic heterocycles. The summed E-state index contributed by atoms with van der Waals surface area (Å²) in [5, 5.41) is 11.7. The number of amides is 1. The number of benzene rings is 3. The molecule has 1 amide bonds. The van der Waals surface area contributed by atoms with Gasteiger partial charge in [-0.3, -0.25) is 9.89 Å². The van der Waals surface area contributed by atoms with Crippen LogP contribution in [0.25, 0.3) is 11.3 Å². The van der Waals surface area contributed by atoms with Gasteiger partial charge in [-0.1, -0.05) is 35.9 Å². The molecule has 0 unspecified atom stereocenters. The first-order valence-electron chi connectivity index (χ1n) is 10.1. The van der Waals surface area contributed by atoms with Gasteiger partial charge < -0.3 is 4.74 Å². The number of nitrogens with one attached hydrogen (secondary N) is 2. The Morgan fingerprint density at radius 3 is 2.45 bits per heavy atom. The highest BCUT2D eigenvalue weighted by Crippen LogP contribution is 2.22. The third kappa shape index (κ3) is 5.84. The van der Waals surface area contributed by atoms with Crippen molar-refractivity contribution in [3.8, 4) is 17.0 Å². The summed E-state index contributed by atoms with van der Waals surface area (Å²) in [4.78, 5) is 12.4. The molecular weight excluding hydrogens is 443 g/mol. The van der Waals surface area contributed by atoms with E-state index in [2.05, 4.69) is 20.7 Å². The van der Waals surface area contributed by atoms with Gasteiger partial charge in [0, 0.05) is 10.6 Å². The zero-order valence-corrected chi connectivity index (χ0v) is 18.4. The van der Waals surface area contributed by atoms with E-state index in [4.69, 9.17) is 16.3 Å². The number of aromatic nitrogens is 2. The van der Waals surface area contributed by atoms with Gasteiger partial charge in [0.1, 0.15) is 23.9 Å². The summed E-state index contributed by atoms with van der Waals surface area (Å²) in [7, 11) is 0. The van der Waals surface area contributed by atoms with Gasteiger partial charge in [0.05, 0.1) is 11.4 Å². The van der Waals surface area contributed by atoms with E-state index in [9.17, 15) is 9.18 Å². The molecule has 0 bridgehead atoms. The smallest absolute Gasteiger partial charge is 0.289 e. The number of hydrogen-bond acceptors (Lipinski definition) is 4. The van der Waals surface area contributed by atoms with Crippen LogP contribution < -0.4 is 10.2 Å². The number of carbonyl (C=O) groups is 1. The van der Waals surface area contributed by atoms with Crippen molar-refractivity contribution in [3.05, 3.63) is 107 Å². The van der Waals surface area contributed by atoms with Crippen LogP contribution >= 0.6 is 11.6 Å². The first kappa shape index (κ1) is 22.2. The molecule has 4 rings (SSSR count). The summed E-state index contributed by atoms with van der Waals surface area (Å²) >= 11 is 5.90. The number of carbonyl (C=O) groups excluding carboxylic acids is 1. The fraction of sp³-hybridized carbons (Fsp3) is 0.0800. The molecule has 0 saturated heterocycles. The maximum atomic E-state index is 13.0. The van der Waals surface area contributed by atoms with Crippen LogP contribution in [0.4, 0.5) is 4.39 Å². The van der Waals surface area contributed by atoms with E-state index < -0.39 is 5.91 Å². The van der Waals surface area contributed by atoms with Gasteiger partial charge in [-0.2, -0.15) is 10.2 Å². The fourth-order valence-corrected chi connectivity index (χ4v) is 3.13. The standard InChI is InChI=1S/C25H20ClFN4O2/c1-16(18-4-10-21(27)11-5-18)28-31-25(32)24-14-23(29-30-24)19-6-12-22(13-7-19)33-15-17-2-8-20(26)9-3-17/h2-14H,15H2,1H3,(H,29,30)(H,31,32). The van der Waals surface area contributed by atoms with E-state index >= 15 is 0 Å². The minimum atomic E-state index is -0.432. The van der Waals surface area contributed by atoms with Crippen molar-refractivity contribution in [3.63, 3.8) is 0 Å². The molecule has 33 heavy (non-hydrogen) atoms. The molecule has 2 N–H and O–H groups in total. The summed E-state index contributed by atoms with van der Waals surface area (Å²) in [5.41, 5.74) is 6.47. The fourth-order valence-electron chi connectivity index (χ4n) is 3.01. The number of ether oxygens (including phenoxy) is 1. The molecular formula is C25H20ClFN4O2. The molecule has 1 heterocycles. The monoisotopic (exact) mass is 462 g/mol. The van der Waals surface area contributed by atoms with Gasteiger partial charge in [0.25, 0.3) is 5.91 Å². The van der Waals surface area contributed by atoms with E-state index in [0.29, 0.717) is 34.3 Å². The highest BCUT2D eigenvalue weighted by atomic mass is 35.5. The number of H-pyrrole nitrogens is 1. The van der Waals surface area contributed by atoms with Crippen molar-refractivity contribution in [2.24, 2.45) is 5.10 Å². The molecule has 0 radical (unpaired) electrons. The summed E-state index contributed by atoms with van der Waals surface area (Å²) < 4.78 is 18.8. The largest absolute Gasteiger partial charge is 0.489 e. The van der Waals surface area contributed by atoms with Gasteiger partial charge in [-0.05, 0) is 72.6 Å². The minimum Gasteiger partial charge on any atom is -0.489 e. The van der Waals surface area contributed by atoms with Gasteiger partial charge in [-0.15, -0.1) is 0 Å². The van der Waals surface area contributed by atoms with E-state index in [0.717, 1.165) is 11.1 Å². The number of hydrogen-bond donors (Lipinski definition) is 2. The zero-order valence-electron chi connectivity index (χ0n) is 17.7. The molecule has 0 aliphatic rings. The third-order valence-corrected chi connectivity index (χ3v) is 5.13. The van der Waals surface area contributed by atoms with Crippen LogP contribution in [0.3, 0.4) is 0 Å². The molecule has 0 fully saturated rings. The number of aromatic amines is 1. The first-order chi connectivity index (χ1) is 16.0. The summed E-state index contributed by atoms with van der Waals surface area (Å²) in [6.07, 6.45) is 0. The van der Waals surface area contributed by atoms with Crippen molar-refractivity contribution in [1.29, 1.82) is 0 Å². The maximum absolute atomic E-state index is 13.0. The quantitative estimate of drug-likeness (QED) is 0.277. The van der Waals surface area contributed by atoms with E-state index in [1.54, 1.807) is 25.1 Å². The minimum absolute atomic E-state index is 0.267. The van der Waals surface area contributed by atoms with Gasteiger partial charge in [-0.25, -0.2) is 9.82 Å².